The first kappa shape index (κ1) is 14.8. The number of carbonyl (C=O) groups is 1. The number of hydrogen-bond acceptors (Lipinski definition) is 3. The molecular formula is C15H28N2O2. The Morgan fingerprint density at radius 2 is 1.74 bits per heavy atom. The van der Waals surface area contributed by atoms with Crippen molar-refractivity contribution in [1.82, 2.24) is 9.80 Å². The third-order valence-corrected chi connectivity index (χ3v) is 4.39. The predicted octanol–water partition coefficient (Wildman–Crippen LogP) is 1.89. The highest BCUT2D eigenvalue weighted by Gasteiger charge is 2.23. The van der Waals surface area contributed by atoms with E-state index in [0.29, 0.717) is 12.1 Å². The van der Waals surface area contributed by atoms with Crippen molar-refractivity contribution < 1.29 is 9.53 Å². The lowest BCUT2D eigenvalue weighted by Gasteiger charge is -2.37. The predicted molar refractivity (Wildman–Crippen MR) is 76.1 cm³/mol. The third kappa shape index (κ3) is 4.46. The lowest BCUT2D eigenvalue weighted by atomic mass is 9.98. The molecule has 1 amide bonds. The normalized spacial score (nSPS) is 23.0. The zero-order valence-electron chi connectivity index (χ0n) is 12.4. The van der Waals surface area contributed by atoms with E-state index in [2.05, 4.69) is 18.7 Å². The number of amides is 1. The summed E-state index contributed by atoms with van der Waals surface area (Å²) in [4.78, 5) is 16.5. The molecule has 0 aromatic heterocycles. The maximum absolute atomic E-state index is 12.1. The van der Waals surface area contributed by atoms with E-state index in [1.807, 2.05) is 4.90 Å². The average Bonchev–Trinajstić information content (AvgIpc) is 2.46. The summed E-state index contributed by atoms with van der Waals surface area (Å²) >= 11 is 0. The summed E-state index contributed by atoms with van der Waals surface area (Å²) in [6.45, 7) is 8.40. The van der Waals surface area contributed by atoms with Crippen LogP contribution < -0.4 is 0 Å². The van der Waals surface area contributed by atoms with E-state index in [-0.39, 0.29) is 12.5 Å². The van der Waals surface area contributed by atoms with Gasteiger partial charge in [-0.1, -0.05) is 19.3 Å². The number of ether oxygens (including phenoxy) is 1. The number of piperazine rings is 1. The van der Waals surface area contributed by atoms with Gasteiger partial charge in [0.25, 0.3) is 0 Å². The van der Waals surface area contributed by atoms with E-state index in [1.165, 1.54) is 19.3 Å². The van der Waals surface area contributed by atoms with Gasteiger partial charge in [-0.15, -0.1) is 0 Å². The van der Waals surface area contributed by atoms with Crippen LogP contribution in [0.2, 0.25) is 0 Å². The fraction of sp³-hybridized carbons (Fsp3) is 0.933. The standard InChI is InChI=1S/C15H28N2O2/c1-13(2)16-8-10-17(11-9-16)15(18)12-19-14-6-4-3-5-7-14/h13-14H,3-12H2,1-2H3. The van der Waals surface area contributed by atoms with Crippen LogP contribution in [-0.2, 0) is 9.53 Å². The molecule has 1 heterocycles. The number of rotatable bonds is 4. The van der Waals surface area contributed by atoms with Gasteiger partial charge in [0, 0.05) is 32.2 Å². The smallest absolute Gasteiger partial charge is 0.248 e. The summed E-state index contributed by atoms with van der Waals surface area (Å²) in [7, 11) is 0. The van der Waals surface area contributed by atoms with Crippen LogP contribution in [0.5, 0.6) is 0 Å². The first-order valence-electron chi connectivity index (χ1n) is 7.80. The van der Waals surface area contributed by atoms with Crippen LogP contribution in [0, 0.1) is 0 Å². The van der Waals surface area contributed by atoms with Crippen molar-refractivity contribution in [2.24, 2.45) is 0 Å². The van der Waals surface area contributed by atoms with E-state index < -0.39 is 0 Å². The van der Waals surface area contributed by atoms with E-state index in [4.69, 9.17) is 4.74 Å². The first-order chi connectivity index (χ1) is 9.16. The van der Waals surface area contributed by atoms with Crippen LogP contribution in [0.3, 0.4) is 0 Å². The molecule has 4 nitrogen and oxygen atoms in total. The topological polar surface area (TPSA) is 32.8 Å². The van der Waals surface area contributed by atoms with Gasteiger partial charge in [-0.2, -0.15) is 0 Å². The number of hydrogen-bond donors (Lipinski definition) is 0. The molecule has 4 heteroatoms. The lowest BCUT2D eigenvalue weighted by molar-refractivity contribution is -0.140. The summed E-state index contributed by atoms with van der Waals surface area (Å²) in [5.74, 6) is 0.175. The molecule has 0 aromatic carbocycles. The molecule has 0 unspecified atom stereocenters. The highest BCUT2D eigenvalue weighted by atomic mass is 16.5. The Morgan fingerprint density at radius 3 is 2.32 bits per heavy atom. The molecule has 1 saturated heterocycles. The zero-order chi connectivity index (χ0) is 13.7. The van der Waals surface area contributed by atoms with Crippen molar-refractivity contribution in [2.75, 3.05) is 32.8 Å². The molecule has 1 aliphatic carbocycles. The summed E-state index contributed by atoms with van der Waals surface area (Å²) in [6, 6.07) is 0.579. The summed E-state index contributed by atoms with van der Waals surface area (Å²) < 4.78 is 5.77. The zero-order valence-corrected chi connectivity index (χ0v) is 12.4. The van der Waals surface area contributed by atoms with Crippen molar-refractivity contribution >= 4 is 5.91 Å². The van der Waals surface area contributed by atoms with Crippen molar-refractivity contribution in [1.29, 1.82) is 0 Å². The molecule has 2 rings (SSSR count). The minimum atomic E-state index is 0.175. The van der Waals surface area contributed by atoms with Crippen LogP contribution in [0.25, 0.3) is 0 Å². The molecule has 1 aliphatic heterocycles. The minimum Gasteiger partial charge on any atom is -0.368 e. The quantitative estimate of drug-likeness (QED) is 0.780. The first-order valence-corrected chi connectivity index (χ1v) is 7.80. The van der Waals surface area contributed by atoms with Crippen LogP contribution in [-0.4, -0.2) is 60.6 Å². The molecule has 19 heavy (non-hydrogen) atoms. The molecule has 0 atom stereocenters. The molecule has 0 spiro atoms. The van der Waals surface area contributed by atoms with Crippen molar-refractivity contribution in [3.63, 3.8) is 0 Å². The Kier molecular flexibility index (Phi) is 5.64. The number of carbonyl (C=O) groups excluding carboxylic acids is 1. The van der Waals surface area contributed by atoms with Gasteiger partial charge in [0.15, 0.2) is 0 Å². The van der Waals surface area contributed by atoms with E-state index in [0.717, 1.165) is 39.0 Å². The summed E-state index contributed by atoms with van der Waals surface area (Å²) in [5.41, 5.74) is 0. The largest absolute Gasteiger partial charge is 0.368 e. The van der Waals surface area contributed by atoms with Crippen molar-refractivity contribution in [2.45, 2.75) is 58.1 Å². The van der Waals surface area contributed by atoms with Gasteiger partial charge in [0.1, 0.15) is 6.61 Å². The third-order valence-electron chi connectivity index (χ3n) is 4.39. The Morgan fingerprint density at radius 1 is 1.11 bits per heavy atom. The Balaban J connectivity index is 1.66. The number of nitrogens with zero attached hydrogens (tertiary/aromatic N) is 2. The molecule has 0 N–H and O–H groups in total. The SMILES string of the molecule is CC(C)N1CCN(C(=O)COC2CCCCC2)CC1. The van der Waals surface area contributed by atoms with Gasteiger partial charge in [-0.3, -0.25) is 9.69 Å². The molecular weight excluding hydrogens is 240 g/mol. The van der Waals surface area contributed by atoms with E-state index in [1.54, 1.807) is 0 Å². The van der Waals surface area contributed by atoms with Gasteiger partial charge in [0.2, 0.25) is 5.91 Å². The van der Waals surface area contributed by atoms with E-state index >= 15 is 0 Å². The Bertz CT molecular complexity index is 280. The lowest BCUT2D eigenvalue weighted by Crippen LogP contribution is -2.51. The molecule has 0 aromatic rings. The van der Waals surface area contributed by atoms with Gasteiger partial charge < -0.3 is 9.64 Å². The Hall–Kier alpha value is -0.610. The maximum Gasteiger partial charge on any atom is 0.248 e. The fourth-order valence-corrected chi connectivity index (χ4v) is 3.00. The van der Waals surface area contributed by atoms with E-state index in [9.17, 15) is 4.79 Å². The minimum absolute atomic E-state index is 0.175. The Labute approximate surface area is 117 Å². The molecule has 110 valence electrons. The van der Waals surface area contributed by atoms with Crippen LogP contribution in [0.4, 0.5) is 0 Å². The van der Waals surface area contributed by atoms with Crippen molar-refractivity contribution in [3.05, 3.63) is 0 Å². The molecule has 0 radical (unpaired) electrons. The second-order valence-corrected chi connectivity index (χ2v) is 6.08. The van der Waals surface area contributed by atoms with Crippen LogP contribution in [0.15, 0.2) is 0 Å². The van der Waals surface area contributed by atoms with Gasteiger partial charge in [-0.25, -0.2) is 0 Å². The van der Waals surface area contributed by atoms with Crippen LogP contribution in [0.1, 0.15) is 46.0 Å². The van der Waals surface area contributed by atoms with Crippen LogP contribution >= 0.6 is 0 Å². The molecule has 2 fully saturated rings. The van der Waals surface area contributed by atoms with Gasteiger partial charge in [0.05, 0.1) is 6.10 Å². The monoisotopic (exact) mass is 268 g/mol. The second kappa shape index (κ2) is 7.25. The average molecular weight is 268 g/mol. The van der Waals surface area contributed by atoms with Crippen molar-refractivity contribution in [3.8, 4) is 0 Å². The van der Waals surface area contributed by atoms with Gasteiger partial charge in [-0.05, 0) is 26.7 Å². The fourth-order valence-electron chi connectivity index (χ4n) is 3.00. The second-order valence-electron chi connectivity index (χ2n) is 6.08. The molecule has 1 saturated carbocycles. The highest BCUT2D eigenvalue weighted by Crippen LogP contribution is 2.20. The molecule has 2 aliphatic rings. The van der Waals surface area contributed by atoms with Gasteiger partial charge >= 0.3 is 0 Å². The molecule has 0 bridgehead atoms. The maximum atomic E-state index is 12.1. The summed E-state index contributed by atoms with van der Waals surface area (Å²) in [5, 5.41) is 0. The summed E-state index contributed by atoms with van der Waals surface area (Å²) in [6.07, 6.45) is 6.43. The highest BCUT2D eigenvalue weighted by molar-refractivity contribution is 5.77.